The van der Waals surface area contributed by atoms with Crippen molar-refractivity contribution in [2.75, 3.05) is 26.8 Å². The van der Waals surface area contributed by atoms with Crippen LogP contribution in [-0.4, -0.2) is 43.5 Å². The Balaban J connectivity index is 1.66. The van der Waals surface area contributed by atoms with Gasteiger partial charge >= 0.3 is 0 Å². The van der Waals surface area contributed by atoms with Crippen molar-refractivity contribution >= 4 is 11.8 Å². The van der Waals surface area contributed by atoms with E-state index in [1.54, 1.807) is 24.1 Å². The molecule has 30 heavy (non-hydrogen) atoms. The highest BCUT2D eigenvalue weighted by Gasteiger charge is 2.39. The fraction of sp³-hybridized carbons (Fsp3) is 0.417. The number of nitrogens with one attached hydrogen (secondary N) is 1. The molecule has 0 aromatic heterocycles. The summed E-state index contributed by atoms with van der Waals surface area (Å²) in [6, 6.07) is 14.9. The van der Waals surface area contributed by atoms with Crippen molar-refractivity contribution in [3.05, 3.63) is 59.7 Å². The molecule has 0 aliphatic carbocycles. The Kier molecular flexibility index (Phi) is 6.98. The Bertz CT molecular complexity index is 881. The highest BCUT2D eigenvalue weighted by atomic mass is 16.5. The number of para-hydroxylation sites is 1. The van der Waals surface area contributed by atoms with Gasteiger partial charge in [-0.25, -0.2) is 0 Å². The number of methoxy groups -OCH3 is 1. The minimum atomic E-state index is -0.624. The van der Waals surface area contributed by atoms with Gasteiger partial charge < -0.3 is 19.7 Å². The number of rotatable bonds is 7. The van der Waals surface area contributed by atoms with Gasteiger partial charge in [0.1, 0.15) is 11.5 Å². The monoisotopic (exact) mass is 410 g/mol. The minimum Gasteiger partial charge on any atom is -0.497 e. The van der Waals surface area contributed by atoms with Crippen molar-refractivity contribution in [1.29, 1.82) is 0 Å². The molecule has 0 radical (unpaired) electrons. The van der Waals surface area contributed by atoms with Crippen LogP contribution in [0, 0.1) is 5.41 Å². The molecule has 0 spiro atoms. The minimum absolute atomic E-state index is 0.0334. The maximum atomic E-state index is 13.1. The Morgan fingerprint density at radius 3 is 2.57 bits per heavy atom. The molecule has 6 heteroatoms. The van der Waals surface area contributed by atoms with Gasteiger partial charge in [0, 0.05) is 19.6 Å². The van der Waals surface area contributed by atoms with Crippen LogP contribution in [0.5, 0.6) is 11.5 Å². The SMILES string of the molecule is CCOc1ccccc1C(=O)N1CCCC(C)(C(=O)NCc2ccc(OC)cc2)C1. The van der Waals surface area contributed by atoms with Gasteiger partial charge in [-0.3, -0.25) is 9.59 Å². The predicted octanol–water partition coefficient (Wildman–Crippen LogP) is 3.65. The summed E-state index contributed by atoms with van der Waals surface area (Å²) in [6.45, 7) is 5.80. The van der Waals surface area contributed by atoms with Crippen LogP contribution in [-0.2, 0) is 11.3 Å². The van der Waals surface area contributed by atoms with E-state index in [2.05, 4.69) is 5.32 Å². The first-order valence-electron chi connectivity index (χ1n) is 10.4. The van der Waals surface area contributed by atoms with E-state index in [-0.39, 0.29) is 11.8 Å². The van der Waals surface area contributed by atoms with Gasteiger partial charge in [0.15, 0.2) is 0 Å². The summed E-state index contributed by atoms with van der Waals surface area (Å²) in [5, 5.41) is 3.04. The highest BCUT2D eigenvalue weighted by molar-refractivity contribution is 5.97. The number of carbonyl (C=O) groups excluding carboxylic acids is 2. The van der Waals surface area contributed by atoms with Crippen LogP contribution in [0.3, 0.4) is 0 Å². The van der Waals surface area contributed by atoms with E-state index in [1.165, 1.54) is 0 Å². The van der Waals surface area contributed by atoms with Gasteiger partial charge in [0.2, 0.25) is 5.91 Å². The second-order valence-corrected chi connectivity index (χ2v) is 7.85. The molecule has 160 valence electrons. The summed E-state index contributed by atoms with van der Waals surface area (Å²) in [5.41, 5.74) is 0.922. The molecule has 1 heterocycles. The summed E-state index contributed by atoms with van der Waals surface area (Å²) in [6.07, 6.45) is 1.54. The lowest BCUT2D eigenvalue weighted by Gasteiger charge is -2.39. The van der Waals surface area contributed by atoms with Crippen LogP contribution < -0.4 is 14.8 Å². The van der Waals surface area contributed by atoms with Crippen molar-refractivity contribution < 1.29 is 19.1 Å². The van der Waals surface area contributed by atoms with Crippen molar-refractivity contribution in [1.82, 2.24) is 10.2 Å². The van der Waals surface area contributed by atoms with E-state index in [0.29, 0.717) is 37.6 Å². The fourth-order valence-corrected chi connectivity index (χ4v) is 3.83. The van der Waals surface area contributed by atoms with Crippen molar-refractivity contribution in [2.45, 2.75) is 33.2 Å². The maximum Gasteiger partial charge on any atom is 0.257 e. The lowest BCUT2D eigenvalue weighted by Crippen LogP contribution is -2.51. The average molecular weight is 411 g/mol. The van der Waals surface area contributed by atoms with Gasteiger partial charge in [-0.05, 0) is 56.5 Å². The lowest BCUT2D eigenvalue weighted by molar-refractivity contribution is -0.132. The lowest BCUT2D eigenvalue weighted by atomic mass is 9.80. The second-order valence-electron chi connectivity index (χ2n) is 7.85. The molecule has 6 nitrogen and oxygen atoms in total. The molecule has 3 rings (SSSR count). The number of likely N-dealkylation sites (tertiary alicyclic amines) is 1. The number of hydrogen-bond donors (Lipinski definition) is 1. The molecule has 2 aromatic rings. The first-order valence-corrected chi connectivity index (χ1v) is 10.4. The Labute approximate surface area is 178 Å². The summed E-state index contributed by atoms with van der Waals surface area (Å²) < 4.78 is 10.8. The topological polar surface area (TPSA) is 67.9 Å². The number of carbonyl (C=O) groups is 2. The molecule has 1 fully saturated rings. The molecule has 2 amide bonds. The smallest absolute Gasteiger partial charge is 0.257 e. The van der Waals surface area contributed by atoms with E-state index >= 15 is 0 Å². The maximum absolute atomic E-state index is 13.1. The Hall–Kier alpha value is -3.02. The van der Waals surface area contributed by atoms with Gasteiger partial charge in [-0.1, -0.05) is 24.3 Å². The molecule has 0 saturated carbocycles. The third kappa shape index (κ3) is 4.93. The van der Waals surface area contributed by atoms with Gasteiger partial charge in [-0.2, -0.15) is 0 Å². The predicted molar refractivity (Wildman–Crippen MR) is 116 cm³/mol. The average Bonchev–Trinajstić information content (AvgIpc) is 2.78. The summed E-state index contributed by atoms with van der Waals surface area (Å²) >= 11 is 0. The largest absolute Gasteiger partial charge is 0.497 e. The van der Waals surface area contributed by atoms with Crippen LogP contribution in [0.15, 0.2) is 48.5 Å². The summed E-state index contributed by atoms with van der Waals surface area (Å²) in [5.74, 6) is 1.24. The van der Waals surface area contributed by atoms with E-state index < -0.39 is 5.41 Å². The van der Waals surface area contributed by atoms with Gasteiger partial charge in [0.25, 0.3) is 5.91 Å². The zero-order valence-electron chi connectivity index (χ0n) is 17.9. The molecule has 1 N–H and O–H groups in total. The van der Waals surface area contributed by atoms with Gasteiger partial charge in [0.05, 0.1) is 24.7 Å². The van der Waals surface area contributed by atoms with Crippen LogP contribution in [0.2, 0.25) is 0 Å². The first kappa shape index (κ1) is 21.7. The Morgan fingerprint density at radius 1 is 1.13 bits per heavy atom. The second kappa shape index (κ2) is 9.65. The molecule has 1 saturated heterocycles. The molecule has 1 aliphatic heterocycles. The summed E-state index contributed by atoms with van der Waals surface area (Å²) in [7, 11) is 1.63. The number of amides is 2. The van der Waals surface area contributed by atoms with Crippen molar-refractivity contribution in [3.8, 4) is 11.5 Å². The number of ether oxygens (including phenoxy) is 2. The molecular weight excluding hydrogens is 380 g/mol. The Morgan fingerprint density at radius 2 is 1.87 bits per heavy atom. The standard InChI is InChI=1S/C24H30N2O4/c1-4-30-21-9-6-5-8-20(21)22(27)26-15-7-14-24(2,17-26)23(28)25-16-18-10-12-19(29-3)13-11-18/h5-6,8-13H,4,7,14-17H2,1-3H3,(H,25,28). The van der Waals surface area contributed by atoms with Gasteiger partial charge in [-0.15, -0.1) is 0 Å². The zero-order chi connectivity index (χ0) is 21.6. The quantitative estimate of drug-likeness (QED) is 0.757. The molecule has 1 atom stereocenters. The van der Waals surface area contributed by atoms with Crippen molar-refractivity contribution in [2.24, 2.45) is 5.41 Å². The highest BCUT2D eigenvalue weighted by Crippen LogP contribution is 2.32. The number of nitrogens with zero attached hydrogens (tertiary/aromatic N) is 1. The number of benzene rings is 2. The molecular formula is C24H30N2O4. The van der Waals surface area contributed by atoms with Crippen LogP contribution in [0.1, 0.15) is 42.6 Å². The summed E-state index contributed by atoms with van der Waals surface area (Å²) in [4.78, 5) is 27.9. The van der Waals surface area contributed by atoms with Crippen LogP contribution >= 0.6 is 0 Å². The van der Waals surface area contributed by atoms with Crippen molar-refractivity contribution in [3.63, 3.8) is 0 Å². The fourth-order valence-electron chi connectivity index (χ4n) is 3.83. The third-order valence-corrected chi connectivity index (χ3v) is 5.56. The molecule has 1 aliphatic rings. The van der Waals surface area contributed by atoms with Crippen LogP contribution in [0.25, 0.3) is 0 Å². The molecule has 2 aromatic carbocycles. The zero-order valence-corrected chi connectivity index (χ0v) is 17.9. The number of piperidine rings is 1. The molecule has 0 bridgehead atoms. The van der Waals surface area contributed by atoms with E-state index in [0.717, 1.165) is 24.2 Å². The van der Waals surface area contributed by atoms with E-state index in [1.807, 2.05) is 50.2 Å². The molecule has 1 unspecified atom stereocenters. The van der Waals surface area contributed by atoms with E-state index in [9.17, 15) is 9.59 Å². The van der Waals surface area contributed by atoms with Crippen LogP contribution in [0.4, 0.5) is 0 Å². The van der Waals surface area contributed by atoms with E-state index in [4.69, 9.17) is 9.47 Å². The first-order chi connectivity index (χ1) is 14.5. The normalized spacial score (nSPS) is 18.6. The third-order valence-electron chi connectivity index (χ3n) is 5.56. The number of hydrogen-bond acceptors (Lipinski definition) is 4.